The smallest absolute Gasteiger partial charge is 0.0929 e. The molecule has 0 radical (unpaired) electrons. The average molecular weight is 350 g/mol. The summed E-state index contributed by atoms with van der Waals surface area (Å²) in [5, 5.41) is 4.30. The zero-order chi connectivity index (χ0) is 14.5. The fourth-order valence-electron chi connectivity index (χ4n) is 2.63. The molecular weight excluding hydrogens is 330 g/mol. The molecule has 1 aliphatic rings. The van der Waals surface area contributed by atoms with Gasteiger partial charge in [-0.25, -0.2) is 0 Å². The minimum absolute atomic E-state index is 0.380. The van der Waals surface area contributed by atoms with Crippen molar-refractivity contribution in [3.05, 3.63) is 52.8 Å². The highest BCUT2D eigenvalue weighted by molar-refractivity contribution is 9.10. The number of aromatic nitrogens is 2. The summed E-state index contributed by atoms with van der Waals surface area (Å²) < 4.78 is 9.01. The fraction of sp³-hybridized carbons (Fsp3) is 0.438. The Hall–Kier alpha value is -1.17. The summed E-state index contributed by atoms with van der Waals surface area (Å²) in [6.45, 7) is 3.71. The second-order valence-electron chi connectivity index (χ2n) is 5.45. The molecule has 1 saturated heterocycles. The number of ether oxygens (including phenoxy) is 1. The molecule has 112 valence electrons. The summed E-state index contributed by atoms with van der Waals surface area (Å²) in [7, 11) is 0. The Balaban J connectivity index is 1.40. The molecule has 2 aromatic rings. The van der Waals surface area contributed by atoms with E-state index >= 15 is 0 Å². The monoisotopic (exact) mass is 349 g/mol. The van der Waals surface area contributed by atoms with Gasteiger partial charge in [-0.3, -0.25) is 9.58 Å². The zero-order valence-corrected chi connectivity index (χ0v) is 13.6. The number of halogens is 1. The topological polar surface area (TPSA) is 30.3 Å². The maximum absolute atomic E-state index is 6.02. The highest BCUT2D eigenvalue weighted by Gasteiger charge is 2.19. The van der Waals surface area contributed by atoms with Crippen LogP contribution in [0.3, 0.4) is 0 Å². The molecule has 0 amide bonds. The summed E-state index contributed by atoms with van der Waals surface area (Å²) in [4.78, 5) is 2.42. The van der Waals surface area contributed by atoms with E-state index in [2.05, 4.69) is 50.2 Å². The van der Waals surface area contributed by atoms with Gasteiger partial charge in [0.1, 0.15) is 0 Å². The lowest BCUT2D eigenvalue weighted by molar-refractivity contribution is -0.00904. The van der Waals surface area contributed by atoms with Gasteiger partial charge in [0, 0.05) is 19.3 Å². The lowest BCUT2D eigenvalue weighted by Gasteiger charge is -2.31. The number of benzene rings is 1. The molecule has 1 aliphatic heterocycles. The number of rotatable bonds is 5. The van der Waals surface area contributed by atoms with Gasteiger partial charge in [0.15, 0.2) is 0 Å². The Labute approximate surface area is 133 Å². The van der Waals surface area contributed by atoms with Gasteiger partial charge in [0.05, 0.1) is 30.0 Å². The Morgan fingerprint density at radius 2 is 1.95 bits per heavy atom. The van der Waals surface area contributed by atoms with Crippen LogP contribution >= 0.6 is 15.9 Å². The molecule has 1 aromatic heterocycles. The molecule has 0 spiro atoms. The molecule has 1 fully saturated rings. The molecule has 0 saturated carbocycles. The van der Waals surface area contributed by atoms with Gasteiger partial charge < -0.3 is 4.74 Å². The first-order valence-corrected chi connectivity index (χ1v) is 8.15. The van der Waals surface area contributed by atoms with Crippen LogP contribution in [0.2, 0.25) is 0 Å². The minimum Gasteiger partial charge on any atom is -0.373 e. The maximum atomic E-state index is 6.02. The molecule has 1 aromatic carbocycles. The average Bonchev–Trinajstić information content (AvgIpc) is 2.93. The predicted octanol–water partition coefficient (Wildman–Crippen LogP) is 3.28. The third kappa shape index (κ3) is 4.40. The number of hydrogen-bond acceptors (Lipinski definition) is 3. The Bertz CT molecular complexity index is 550. The van der Waals surface area contributed by atoms with Gasteiger partial charge in [-0.15, -0.1) is 0 Å². The van der Waals surface area contributed by atoms with Crippen LogP contribution in [0, 0.1) is 0 Å². The molecule has 2 heterocycles. The van der Waals surface area contributed by atoms with Crippen molar-refractivity contribution >= 4 is 15.9 Å². The standard InChI is InChI=1S/C16H20BrN3O/c17-15-10-18-20(11-15)13-19-8-6-16(7-9-19)21-12-14-4-2-1-3-5-14/h1-5,10-11,16H,6-9,12-13H2. The van der Waals surface area contributed by atoms with Gasteiger partial charge in [0.25, 0.3) is 0 Å². The van der Waals surface area contributed by atoms with Crippen LogP contribution in [0.4, 0.5) is 0 Å². The normalized spacial score (nSPS) is 17.2. The van der Waals surface area contributed by atoms with Crippen molar-refractivity contribution in [2.24, 2.45) is 0 Å². The van der Waals surface area contributed by atoms with Gasteiger partial charge in [-0.1, -0.05) is 30.3 Å². The van der Waals surface area contributed by atoms with E-state index < -0.39 is 0 Å². The van der Waals surface area contributed by atoms with E-state index in [1.54, 1.807) is 0 Å². The number of piperidine rings is 1. The lowest BCUT2D eigenvalue weighted by atomic mass is 10.1. The predicted molar refractivity (Wildman–Crippen MR) is 85.8 cm³/mol. The first-order valence-electron chi connectivity index (χ1n) is 7.35. The highest BCUT2D eigenvalue weighted by Crippen LogP contribution is 2.16. The van der Waals surface area contributed by atoms with Crippen LogP contribution < -0.4 is 0 Å². The van der Waals surface area contributed by atoms with Crippen molar-refractivity contribution in [2.75, 3.05) is 13.1 Å². The van der Waals surface area contributed by atoms with E-state index in [0.29, 0.717) is 6.10 Å². The third-order valence-electron chi connectivity index (χ3n) is 3.81. The van der Waals surface area contributed by atoms with Crippen LogP contribution in [0.1, 0.15) is 18.4 Å². The SMILES string of the molecule is Brc1cnn(CN2CCC(OCc3ccccc3)CC2)c1. The van der Waals surface area contributed by atoms with E-state index in [0.717, 1.165) is 43.7 Å². The fourth-order valence-corrected chi connectivity index (χ4v) is 2.95. The van der Waals surface area contributed by atoms with Gasteiger partial charge in [-0.2, -0.15) is 5.10 Å². The van der Waals surface area contributed by atoms with E-state index in [9.17, 15) is 0 Å². The Morgan fingerprint density at radius 1 is 1.19 bits per heavy atom. The van der Waals surface area contributed by atoms with Gasteiger partial charge in [-0.05, 0) is 34.3 Å². The van der Waals surface area contributed by atoms with Gasteiger partial charge >= 0.3 is 0 Å². The molecule has 0 aliphatic carbocycles. The molecule has 5 heteroatoms. The second-order valence-corrected chi connectivity index (χ2v) is 6.37. The maximum Gasteiger partial charge on any atom is 0.0929 e. The molecule has 3 rings (SSSR count). The molecule has 0 unspecified atom stereocenters. The largest absolute Gasteiger partial charge is 0.373 e. The van der Waals surface area contributed by atoms with Crippen LogP contribution in [-0.2, 0) is 18.0 Å². The summed E-state index contributed by atoms with van der Waals surface area (Å²) in [5.74, 6) is 0. The van der Waals surface area contributed by atoms with E-state index in [1.165, 1.54) is 5.56 Å². The highest BCUT2D eigenvalue weighted by atomic mass is 79.9. The lowest BCUT2D eigenvalue weighted by Crippen LogP contribution is -2.38. The van der Waals surface area contributed by atoms with Crippen molar-refractivity contribution in [3.63, 3.8) is 0 Å². The van der Waals surface area contributed by atoms with Crippen LogP contribution in [0.25, 0.3) is 0 Å². The van der Waals surface area contributed by atoms with Crippen molar-refractivity contribution < 1.29 is 4.74 Å². The number of hydrogen-bond donors (Lipinski definition) is 0. The zero-order valence-electron chi connectivity index (χ0n) is 12.0. The Kier molecular flexibility index (Phi) is 5.06. The first-order chi connectivity index (χ1) is 10.3. The minimum atomic E-state index is 0.380. The molecule has 0 atom stereocenters. The number of nitrogens with zero attached hydrogens (tertiary/aromatic N) is 3. The van der Waals surface area contributed by atoms with Crippen molar-refractivity contribution in [2.45, 2.75) is 32.2 Å². The van der Waals surface area contributed by atoms with Crippen molar-refractivity contribution in [3.8, 4) is 0 Å². The quantitative estimate of drug-likeness (QED) is 0.829. The molecule has 4 nitrogen and oxygen atoms in total. The molecule has 0 bridgehead atoms. The van der Waals surface area contributed by atoms with Gasteiger partial charge in [0.2, 0.25) is 0 Å². The van der Waals surface area contributed by atoms with Crippen LogP contribution in [0.5, 0.6) is 0 Å². The third-order valence-corrected chi connectivity index (χ3v) is 4.22. The molecule has 0 N–H and O–H groups in total. The van der Waals surface area contributed by atoms with E-state index in [-0.39, 0.29) is 0 Å². The summed E-state index contributed by atoms with van der Waals surface area (Å²) in [6, 6.07) is 10.4. The summed E-state index contributed by atoms with van der Waals surface area (Å²) >= 11 is 3.43. The summed E-state index contributed by atoms with van der Waals surface area (Å²) in [6.07, 6.45) is 6.41. The van der Waals surface area contributed by atoms with E-state index in [1.807, 2.05) is 23.1 Å². The van der Waals surface area contributed by atoms with Crippen LogP contribution in [0.15, 0.2) is 47.2 Å². The Morgan fingerprint density at radius 3 is 2.62 bits per heavy atom. The second kappa shape index (κ2) is 7.20. The van der Waals surface area contributed by atoms with Crippen molar-refractivity contribution in [1.29, 1.82) is 0 Å². The van der Waals surface area contributed by atoms with E-state index in [4.69, 9.17) is 4.74 Å². The first kappa shape index (κ1) is 14.8. The van der Waals surface area contributed by atoms with Crippen LogP contribution in [-0.4, -0.2) is 33.9 Å². The molecule has 21 heavy (non-hydrogen) atoms. The van der Waals surface area contributed by atoms with Crippen molar-refractivity contribution in [1.82, 2.24) is 14.7 Å². The molecular formula is C16H20BrN3O. The number of likely N-dealkylation sites (tertiary alicyclic amines) is 1. The summed E-state index contributed by atoms with van der Waals surface area (Å²) in [5.41, 5.74) is 1.25.